The van der Waals surface area contributed by atoms with Gasteiger partial charge in [-0.1, -0.05) is 18.2 Å². The molecule has 3 atom stereocenters. The first-order valence-corrected chi connectivity index (χ1v) is 6.62. The number of aliphatic hydroxyl groups is 1. The van der Waals surface area contributed by atoms with Gasteiger partial charge in [0.05, 0.1) is 7.11 Å². The number of aliphatic hydroxyl groups excluding tert-OH is 1. The SMILES string of the molecule is COC(=O)[C@@]1(C)C[C@@H](CO)[C@H](c2ccccc2F)N1C. The molecule has 5 heteroatoms. The van der Waals surface area contributed by atoms with Crippen LogP contribution in [0.25, 0.3) is 0 Å². The molecule has 1 aromatic rings. The summed E-state index contributed by atoms with van der Waals surface area (Å²) in [5.41, 5.74) is -0.351. The number of hydrogen-bond donors (Lipinski definition) is 1. The number of likely N-dealkylation sites (tertiary alicyclic amines) is 1. The topological polar surface area (TPSA) is 49.8 Å². The molecule has 1 N–H and O–H groups in total. The van der Waals surface area contributed by atoms with E-state index in [0.717, 1.165) is 0 Å². The van der Waals surface area contributed by atoms with Crippen LogP contribution in [-0.4, -0.2) is 42.3 Å². The van der Waals surface area contributed by atoms with Gasteiger partial charge in [0.25, 0.3) is 0 Å². The Hall–Kier alpha value is -1.46. The molecule has 1 aliphatic heterocycles. The molecule has 110 valence electrons. The number of benzene rings is 1. The fourth-order valence-corrected chi connectivity index (χ4v) is 3.18. The fourth-order valence-electron chi connectivity index (χ4n) is 3.18. The number of carbonyl (C=O) groups excluding carboxylic acids is 1. The van der Waals surface area contributed by atoms with E-state index in [1.54, 1.807) is 37.1 Å². The zero-order valence-corrected chi connectivity index (χ0v) is 12.0. The molecule has 0 aromatic heterocycles. The Kier molecular flexibility index (Phi) is 4.11. The van der Waals surface area contributed by atoms with Crippen LogP contribution in [0.5, 0.6) is 0 Å². The van der Waals surface area contributed by atoms with Crippen molar-refractivity contribution in [2.75, 3.05) is 20.8 Å². The van der Waals surface area contributed by atoms with E-state index in [-0.39, 0.29) is 30.4 Å². The Balaban J connectivity index is 2.43. The largest absolute Gasteiger partial charge is 0.468 e. The highest BCUT2D eigenvalue weighted by atomic mass is 19.1. The summed E-state index contributed by atoms with van der Waals surface area (Å²) in [5.74, 6) is -0.893. The van der Waals surface area contributed by atoms with Crippen LogP contribution in [-0.2, 0) is 9.53 Å². The van der Waals surface area contributed by atoms with Crippen molar-refractivity contribution in [2.45, 2.75) is 24.9 Å². The maximum atomic E-state index is 14.0. The van der Waals surface area contributed by atoms with Crippen molar-refractivity contribution in [2.24, 2.45) is 5.92 Å². The van der Waals surface area contributed by atoms with Gasteiger partial charge in [-0.2, -0.15) is 0 Å². The number of halogens is 1. The molecule has 0 bridgehead atoms. The summed E-state index contributed by atoms with van der Waals surface area (Å²) in [6.45, 7) is 1.66. The van der Waals surface area contributed by atoms with E-state index in [9.17, 15) is 14.3 Å². The summed E-state index contributed by atoms with van der Waals surface area (Å²) in [5, 5.41) is 9.59. The molecule has 1 saturated heterocycles. The van der Waals surface area contributed by atoms with Crippen LogP contribution in [0.2, 0.25) is 0 Å². The summed E-state index contributed by atoms with van der Waals surface area (Å²) in [7, 11) is 3.11. The Morgan fingerprint density at radius 1 is 1.55 bits per heavy atom. The molecular formula is C15H20FNO3. The number of methoxy groups -OCH3 is 1. The summed E-state index contributed by atoms with van der Waals surface area (Å²) in [6, 6.07) is 6.13. The molecule has 20 heavy (non-hydrogen) atoms. The van der Waals surface area contributed by atoms with E-state index in [1.807, 2.05) is 0 Å². The lowest BCUT2D eigenvalue weighted by molar-refractivity contribution is -0.152. The van der Waals surface area contributed by atoms with Crippen LogP contribution in [0.15, 0.2) is 24.3 Å². The van der Waals surface area contributed by atoms with Crippen molar-refractivity contribution in [1.29, 1.82) is 0 Å². The van der Waals surface area contributed by atoms with Gasteiger partial charge >= 0.3 is 5.97 Å². The Morgan fingerprint density at radius 2 is 2.20 bits per heavy atom. The van der Waals surface area contributed by atoms with E-state index < -0.39 is 5.54 Å². The molecule has 4 nitrogen and oxygen atoms in total. The van der Waals surface area contributed by atoms with Crippen molar-refractivity contribution in [3.05, 3.63) is 35.6 Å². The van der Waals surface area contributed by atoms with Gasteiger partial charge in [-0.05, 0) is 26.5 Å². The number of ether oxygens (including phenoxy) is 1. The van der Waals surface area contributed by atoms with Crippen molar-refractivity contribution in [1.82, 2.24) is 4.90 Å². The predicted molar refractivity (Wildman–Crippen MR) is 72.5 cm³/mol. The highest BCUT2D eigenvalue weighted by Crippen LogP contribution is 2.46. The lowest BCUT2D eigenvalue weighted by atomic mass is 9.90. The van der Waals surface area contributed by atoms with Crippen LogP contribution in [0.1, 0.15) is 24.9 Å². The quantitative estimate of drug-likeness (QED) is 0.858. The number of hydrogen-bond acceptors (Lipinski definition) is 4. The second-order valence-corrected chi connectivity index (χ2v) is 5.49. The second-order valence-electron chi connectivity index (χ2n) is 5.49. The molecule has 0 saturated carbocycles. The van der Waals surface area contributed by atoms with Crippen molar-refractivity contribution in [3.8, 4) is 0 Å². The zero-order chi connectivity index (χ0) is 14.9. The smallest absolute Gasteiger partial charge is 0.326 e. The molecule has 1 aromatic carbocycles. The minimum Gasteiger partial charge on any atom is -0.468 e. The molecule has 0 amide bonds. The molecule has 0 radical (unpaired) electrons. The molecule has 0 unspecified atom stereocenters. The molecule has 0 spiro atoms. The first-order chi connectivity index (χ1) is 9.45. The zero-order valence-electron chi connectivity index (χ0n) is 12.0. The number of likely N-dealkylation sites (N-methyl/N-ethyl adjacent to an activating group) is 1. The molecule has 0 aliphatic carbocycles. The number of esters is 1. The third-order valence-electron chi connectivity index (χ3n) is 4.39. The highest BCUT2D eigenvalue weighted by Gasteiger charge is 2.52. The normalized spacial score (nSPS) is 30.4. The summed E-state index contributed by atoms with van der Waals surface area (Å²) >= 11 is 0. The number of carbonyl (C=O) groups is 1. The minimum absolute atomic E-state index is 0.101. The number of rotatable bonds is 3. The van der Waals surface area contributed by atoms with Gasteiger partial charge in [0.1, 0.15) is 11.4 Å². The van der Waals surface area contributed by atoms with E-state index in [4.69, 9.17) is 4.74 Å². The number of nitrogens with zero attached hydrogens (tertiary/aromatic N) is 1. The van der Waals surface area contributed by atoms with E-state index in [0.29, 0.717) is 12.0 Å². The highest BCUT2D eigenvalue weighted by molar-refractivity contribution is 5.80. The predicted octanol–water partition coefficient (Wildman–Crippen LogP) is 1.74. The van der Waals surface area contributed by atoms with Crippen LogP contribution in [0.4, 0.5) is 4.39 Å². The Bertz CT molecular complexity index is 508. The van der Waals surface area contributed by atoms with E-state index in [1.165, 1.54) is 13.2 Å². The van der Waals surface area contributed by atoms with Crippen LogP contribution >= 0.6 is 0 Å². The average Bonchev–Trinajstić information content (AvgIpc) is 2.72. The Labute approximate surface area is 118 Å². The third-order valence-corrected chi connectivity index (χ3v) is 4.39. The van der Waals surface area contributed by atoms with Gasteiger partial charge in [-0.15, -0.1) is 0 Å². The van der Waals surface area contributed by atoms with Gasteiger partial charge in [0, 0.05) is 24.1 Å². The summed E-state index contributed by atoms with van der Waals surface area (Å²) in [4.78, 5) is 13.8. The lowest BCUT2D eigenvalue weighted by Gasteiger charge is -2.33. The van der Waals surface area contributed by atoms with Crippen LogP contribution < -0.4 is 0 Å². The first kappa shape index (κ1) is 14.9. The molecular weight excluding hydrogens is 261 g/mol. The lowest BCUT2D eigenvalue weighted by Crippen LogP contribution is -2.47. The first-order valence-electron chi connectivity index (χ1n) is 6.62. The Morgan fingerprint density at radius 3 is 2.75 bits per heavy atom. The molecule has 2 rings (SSSR count). The van der Waals surface area contributed by atoms with Crippen molar-refractivity contribution in [3.63, 3.8) is 0 Å². The fraction of sp³-hybridized carbons (Fsp3) is 0.533. The van der Waals surface area contributed by atoms with E-state index >= 15 is 0 Å². The minimum atomic E-state index is -0.852. The van der Waals surface area contributed by atoms with Gasteiger partial charge in [0.2, 0.25) is 0 Å². The molecule has 1 aliphatic rings. The van der Waals surface area contributed by atoms with Crippen molar-refractivity contribution < 1.29 is 19.0 Å². The summed E-state index contributed by atoms with van der Waals surface area (Å²) < 4.78 is 18.9. The molecule has 1 fully saturated rings. The van der Waals surface area contributed by atoms with Gasteiger partial charge in [0.15, 0.2) is 0 Å². The average molecular weight is 281 g/mol. The standard InChI is InChI=1S/C15H20FNO3/c1-15(14(19)20-3)8-10(9-18)13(17(15)2)11-6-4-5-7-12(11)16/h4-7,10,13,18H,8-9H2,1-3H3/t10-,13+,15+/m0/s1. The monoisotopic (exact) mass is 281 g/mol. The van der Waals surface area contributed by atoms with Gasteiger partial charge in [-0.3, -0.25) is 9.69 Å². The maximum absolute atomic E-state index is 14.0. The maximum Gasteiger partial charge on any atom is 0.326 e. The summed E-state index contributed by atoms with van der Waals surface area (Å²) in [6.07, 6.45) is 0.436. The van der Waals surface area contributed by atoms with Crippen LogP contribution in [0, 0.1) is 11.7 Å². The van der Waals surface area contributed by atoms with Crippen molar-refractivity contribution >= 4 is 5.97 Å². The van der Waals surface area contributed by atoms with E-state index in [2.05, 4.69) is 0 Å². The third kappa shape index (κ3) is 2.21. The van der Waals surface area contributed by atoms with Gasteiger partial charge in [-0.25, -0.2) is 4.39 Å². The van der Waals surface area contributed by atoms with Gasteiger partial charge < -0.3 is 9.84 Å². The van der Waals surface area contributed by atoms with Crippen LogP contribution in [0.3, 0.4) is 0 Å². The second kappa shape index (κ2) is 5.50. The molecule has 1 heterocycles.